The van der Waals surface area contributed by atoms with Crippen LogP contribution in [0.5, 0.6) is 0 Å². The zero-order valence-corrected chi connectivity index (χ0v) is 11.9. The second-order valence-electron chi connectivity index (χ2n) is 4.34. The number of benzene rings is 1. The first kappa shape index (κ1) is 13.7. The molecule has 1 N–H and O–H groups in total. The number of amides is 1. The van der Waals surface area contributed by atoms with Crippen LogP contribution in [0.1, 0.15) is 24.5 Å². The van der Waals surface area contributed by atoms with Crippen molar-refractivity contribution in [2.75, 3.05) is 5.75 Å². The highest BCUT2D eigenvalue weighted by Gasteiger charge is 2.12. The Kier molecular flexibility index (Phi) is 4.68. The van der Waals surface area contributed by atoms with Crippen LogP contribution in [0.15, 0.2) is 51.8 Å². The predicted molar refractivity (Wildman–Crippen MR) is 77.2 cm³/mol. The van der Waals surface area contributed by atoms with Crippen molar-refractivity contribution in [3.8, 4) is 0 Å². The number of nitrogens with one attached hydrogen (secondary N) is 1. The minimum Gasteiger partial charge on any atom is -0.464 e. The van der Waals surface area contributed by atoms with Crippen molar-refractivity contribution in [2.45, 2.75) is 24.8 Å². The van der Waals surface area contributed by atoms with Crippen molar-refractivity contribution < 1.29 is 9.21 Å². The molecule has 0 fully saturated rings. The van der Waals surface area contributed by atoms with Crippen LogP contribution in [0.3, 0.4) is 0 Å². The largest absolute Gasteiger partial charge is 0.464 e. The topological polar surface area (TPSA) is 42.2 Å². The normalized spacial score (nSPS) is 12.1. The summed E-state index contributed by atoms with van der Waals surface area (Å²) in [5.41, 5.74) is 0. The Bertz CT molecular complexity index is 536. The number of hydrogen-bond acceptors (Lipinski definition) is 3. The molecule has 0 aliphatic heterocycles. The smallest absolute Gasteiger partial charge is 0.230 e. The SMILES string of the molecule is Cc1ccc(C(C)NC(=O)CSc2ccccc2)o1. The molecule has 1 aromatic heterocycles. The van der Waals surface area contributed by atoms with E-state index in [-0.39, 0.29) is 11.9 Å². The van der Waals surface area contributed by atoms with Crippen molar-refractivity contribution >= 4 is 17.7 Å². The molecule has 1 aromatic carbocycles. The molecular weight excluding hydrogens is 258 g/mol. The van der Waals surface area contributed by atoms with E-state index in [1.807, 2.05) is 56.3 Å². The lowest BCUT2D eigenvalue weighted by molar-refractivity contribution is -0.119. The summed E-state index contributed by atoms with van der Waals surface area (Å²) in [7, 11) is 0. The van der Waals surface area contributed by atoms with E-state index in [9.17, 15) is 4.79 Å². The molecule has 3 nitrogen and oxygen atoms in total. The van der Waals surface area contributed by atoms with Gasteiger partial charge in [-0.05, 0) is 38.1 Å². The van der Waals surface area contributed by atoms with E-state index in [0.717, 1.165) is 16.4 Å². The molecule has 0 saturated carbocycles. The molecule has 0 aliphatic carbocycles. The van der Waals surface area contributed by atoms with Gasteiger partial charge < -0.3 is 9.73 Å². The van der Waals surface area contributed by atoms with E-state index in [1.165, 1.54) is 11.8 Å². The molecule has 1 heterocycles. The summed E-state index contributed by atoms with van der Waals surface area (Å²) in [6, 6.07) is 13.6. The maximum atomic E-state index is 11.8. The maximum absolute atomic E-state index is 11.8. The standard InChI is InChI=1S/C15H17NO2S/c1-11-8-9-14(18-11)12(2)16-15(17)10-19-13-6-4-3-5-7-13/h3-9,12H,10H2,1-2H3,(H,16,17). The Hall–Kier alpha value is -1.68. The monoisotopic (exact) mass is 275 g/mol. The third kappa shape index (κ3) is 4.17. The first-order valence-corrected chi connectivity index (χ1v) is 7.17. The number of hydrogen-bond donors (Lipinski definition) is 1. The van der Waals surface area contributed by atoms with Crippen molar-refractivity contribution in [2.24, 2.45) is 0 Å². The van der Waals surface area contributed by atoms with Crippen LogP contribution in [0.4, 0.5) is 0 Å². The Morgan fingerprint density at radius 2 is 2.00 bits per heavy atom. The van der Waals surface area contributed by atoms with Crippen molar-refractivity contribution in [1.29, 1.82) is 0 Å². The van der Waals surface area contributed by atoms with Crippen LogP contribution in [0, 0.1) is 6.92 Å². The van der Waals surface area contributed by atoms with Gasteiger partial charge in [0.25, 0.3) is 0 Å². The molecule has 1 atom stereocenters. The number of carbonyl (C=O) groups is 1. The molecule has 19 heavy (non-hydrogen) atoms. The molecule has 1 amide bonds. The molecule has 0 radical (unpaired) electrons. The van der Waals surface area contributed by atoms with Gasteiger partial charge in [0.1, 0.15) is 11.5 Å². The van der Waals surface area contributed by atoms with E-state index >= 15 is 0 Å². The zero-order chi connectivity index (χ0) is 13.7. The summed E-state index contributed by atoms with van der Waals surface area (Å²) in [6.07, 6.45) is 0. The molecule has 2 rings (SSSR count). The van der Waals surface area contributed by atoms with Gasteiger partial charge in [-0.1, -0.05) is 18.2 Å². The van der Waals surface area contributed by atoms with Gasteiger partial charge in [-0.25, -0.2) is 0 Å². The van der Waals surface area contributed by atoms with Gasteiger partial charge in [0, 0.05) is 4.90 Å². The van der Waals surface area contributed by atoms with Crippen LogP contribution in [-0.2, 0) is 4.79 Å². The lowest BCUT2D eigenvalue weighted by atomic mass is 10.2. The van der Waals surface area contributed by atoms with Gasteiger partial charge in [-0.15, -0.1) is 11.8 Å². The third-order valence-corrected chi connectivity index (χ3v) is 3.69. The van der Waals surface area contributed by atoms with Crippen LogP contribution >= 0.6 is 11.8 Å². The summed E-state index contributed by atoms with van der Waals surface area (Å²) in [4.78, 5) is 12.9. The number of thioether (sulfide) groups is 1. The fourth-order valence-corrected chi connectivity index (χ4v) is 2.44. The van der Waals surface area contributed by atoms with Crippen LogP contribution < -0.4 is 5.32 Å². The van der Waals surface area contributed by atoms with Crippen molar-refractivity contribution in [1.82, 2.24) is 5.32 Å². The number of furan rings is 1. The maximum Gasteiger partial charge on any atom is 0.230 e. The van der Waals surface area contributed by atoms with E-state index < -0.39 is 0 Å². The third-order valence-electron chi connectivity index (χ3n) is 2.68. The van der Waals surface area contributed by atoms with Gasteiger partial charge in [0.2, 0.25) is 5.91 Å². The summed E-state index contributed by atoms with van der Waals surface area (Å²) in [5.74, 6) is 2.06. The van der Waals surface area contributed by atoms with E-state index in [1.54, 1.807) is 0 Å². The average molecular weight is 275 g/mol. The lowest BCUT2D eigenvalue weighted by Crippen LogP contribution is -2.27. The molecule has 0 bridgehead atoms. The Morgan fingerprint density at radius 1 is 1.26 bits per heavy atom. The fraction of sp³-hybridized carbons (Fsp3) is 0.267. The Balaban J connectivity index is 1.81. The number of aryl methyl sites for hydroxylation is 1. The number of rotatable bonds is 5. The molecule has 100 valence electrons. The fourth-order valence-electron chi connectivity index (χ4n) is 1.71. The van der Waals surface area contributed by atoms with Crippen molar-refractivity contribution in [3.63, 3.8) is 0 Å². The average Bonchev–Trinajstić information content (AvgIpc) is 2.84. The van der Waals surface area contributed by atoms with Gasteiger partial charge >= 0.3 is 0 Å². The lowest BCUT2D eigenvalue weighted by Gasteiger charge is -2.11. The van der Waals surface area contributed by atoms with Gasteiger partial charge in [-0.2, -0.15) is 0 Å². The molecule has 0 saturated heterocycles. The van der Waals surface area contributed by atoms with Gasteiger partial charge in [0.05, 0.1) is 11.8 Å². The highest BCUT2D eigenvalue weighted by molar-refractivity contribution is 8.00. The second-order valence-corrected chi connectivity index (χ2v) is 5.39. The predicted octanol–water partition coefficient (Wildman–Crippen LogP) is 3.56. The minimum atomic E-state index is -0.0995. The second kappa shape index (κ2) is 6.48. The molecular formula is C15H17NO2S. The summed E-state index contributed by atoms with van der Waals surface area (Å²) >= 11 is 1.53. The van der Waals surface area contributed by atoms with Crippen LogP contribution in [0.2, 0.25) is 0 Å². The highest BCUT2D eigenvalue weighted by Crippen LogP contribution is 2.18. The summed E-state index contributed by atoms with van der Waals surface area (Å²) in [5, 5.41) is 2.93. The quantitative estimate of drug-likeness (QED) is 0.848. The van der Waals surface area contributed by atoms with Crippen molar-refractivity contribution in [3.05, 3.63) is 54.0 Å². The first-order valence-electron chi connectivity index (χ1n) is 6.18. The Labute approximate surface area is 117 Å². The molecule has 0 spiro atoms. The van der Waals surface area contributed by atoms with Gasteiger partial charge in [0.15, 0.2) is 0 Å². The molecule has 4 heteroatoms. The van der Waals surface area contributed by atoms with Gasteiger partial charge in [-0.3, -0.25) is 4.79 Å². The minimum absolute atomic E-state index is 0.00964. The van der Waals surface area contributed by atoms with E-state index in [4.69, 9.17) is 4.42 Å². The van der Waals surface area contributed by atoms with E-state index in [2.05, 4.69) is 5.32 Å². The van der Waals surface area contributed by atoms with E-state index in [0.29, 0.717) is 5.75 Å². The van der Waals surface area contributed by atoms with Crippen LogP contribution in [-0.4, -0.2) is 11.7 Å². The zero-order valence-electron chi connectivity index (χ0n) is 11.1. The first-order chi connectivity index (χ1) is 9.15. The highest BCUT2D eigenvalue weighted by atomic mass is 32.2. The Morgan fingerprint density at radius 3 is 2.63 bits per heavy atom. The van der Waals surface area contributed by atoms with Crippen LogP contribution in [0.25, 0.3) is 0 Å². The summed E-state index contributed by atoms with van der Waals surface area (Å²) < 4.78 is 5.49. The number of carbonyl (C=O) groups excluding carboxylic acids is 1. The molecule has 2 aromatic rings. The summed E-state index contributed by atoms with van der Waals surface area (Å²) in [6.45, 7) is 3.81. The molecule has 1 unspecified atom stereocenters. The molecule has 0 aliphatic rings.